The number of para-hydroxylation sites is 1. The number of hydrogen-bond acceptors (Lipinski definition) is 8. The molecule has 4 heterocycles. The molecule has 1 aliphatic rings. The van der Waals surface area contributed by atoms with Crippen LogP contribution in [0.5, 0.6) is 5.75 Å². The number of unbranched alkanes of at least 4 members (excludes halogenated alkanes) is 2. The summed E-state index contributed by atoms with van der Waals surface area (Å²) in [6.45, 7) is 2.88. The number of phenolic OH excluding ortho intramolecular Hbond substituents is 1. The summed E-state index contributed by atoms with van der Waals surface area (Å²) in [5.41, 5.74) is 1.24. The Labute approximate surface area is 203 Å². The number of benzene rings is 1. The molecule has 0 bridgehead atoms. The zero-order valence-electron chi connectivity index (χ0n) is 18.7. The Balaban J connectivity index is 1.39. The number of hydrogen-bond donors (Lipinski definition) is 1. The summed E-state index contributed by atoms with van der Waals surface area (Å²) < 4.78 is 9.71. The lowest BCUT2D eigenvalue weighted by molar-refractivity contribution is 0.372. The van der Waals surface area contributed by atoms with E-state index in [4.69, 9.17) is 4.52 Å². The van der Waals surface area contributed by atoms with Gasteiger partial charge in [-0.3, -0.25) is 9.36 Å². The van der Waals surface area contributed by atoms with E-state index in [0.29, 0.717) is 60.4 Å². The van der Waals surface area contributed by atoms with Crippen molar-refractivity contribution in [2.75, 3.05) is 0 Å². The van der Waals surface area contributed by atoms with E-state index in [-0.39, 0.29) is 11.3 Å². The quantitative estimate of drug-likeness (QED) is 0.331. The molecule has 11 heteroatoms. The van der Waals surface area contributed by atoms with Crippen molar-refractivity contribution in [1.82, 2.24) is 29.3 Å². The van der Waals surface area contributed by atoms with Gasteiger partial charge in [0.05, 0.1) is 10.2 Å². The van der Waals surface area contributed by atoms with E-state index < -0.39 is 0 Å². The first-order valence-electron chi connectivity index (χ1n) is 11.4. The van der Waals surface area contributed by atoms with E-state index in [9.17, 15) is 9.90 Å². The van der Waals surface area contributed by atoms with Crippen LogP contribution in [0.25, 0.3) is 5.78 Å². The molecule has 0 atom stereocenters. The van der Waals surface area contributed by atoms with Gasteiger partial charge >= 0.3 is 0 Å². The first kappa shape index (κ1) is 22.5. The van der Waals surface area contributed by atoms with Crippen LogP contribution in [0.3, 0.4) is 0 Å². The van der Waals surface area contributed by atoms with Crippen molar-refractivity contribution in [2.24, 2.45) is 4.99 Å². The number of aromatic hydroxyl groups is 1. The number of nitrogens with zero attached hydrogens (tertiary/aromatic N) is 7. The predicted octanol–water partition coefficient (Wildman–Crippen LogP) is 3.53. The van der Waals surface area contributed by atoms with Crippen molar-refractivity contribution < 1.29 is 9.63 Å². The summed E-state index contributed by atoms with van der Waals surface area (Å²) in [7, 11) is 0. The van der Waals surface area contributed by atoms with Crippen LogP contribution in [0.2, 0.25) is 0 Å². The van der Waals surface area contributed by atoms with Crippen LogP contribution in [-0.2, 0) is 32.2 Å². The Morgan fingerprint density at radius 3 is 2.85 bits per heavy atom. The molecule has 1 aromatic carbocycles. The third-order valence-corrected chi connectivity index (χ3v) is 6.35. The summed E-state index contributed by atoms with van der Waals surface area (Å²) in [6.07, 6.45) is 4.82. The molecule has 0 amide bonds. The summed E-state index contributed by atoms with van der Waals surface area (Å²) in [5.74, 6) is 2.85. The summed E-state index contributed by atoms with van der Waals surface area (Å²) in [5, 5.41) is 22.6. The lowest BCUT2D eigenvalue weighted by Crippen LogP contribution is -2.24. The van der Waals surface area contributed by atoms with E-state index in [1.807, 2.05) is 16.7 Å². The molecule has 0 unspecified atom stereocenters. The average Bonchev–Trinajstić information content (AvgIpc) is 3.55. The van der Waals surface area contributed by atoms with Crippen molar-refractivity contribution in [3.8, 4) is 5.75 Å². The maximum Gasteiger partial charge on any atom is 0.266 e. The van der Waals surface area contributed by atoms with Crippen LogP contribution in [0, 0.1) is 0 Å². The standard InChI is InChI=1S/C23H24BrN7O3/c1-2-3-6-11-30-21-15(13-17(24)25-21)22(33)31-19(27-28-23(30)31)9-10-20-26-18(29-34-20)12-14-7-4-5-8-16(14)32/h4-5,7-8,32H,2-3,6,9-13H2,1H3. The molecule has 1 aliphatic heterocycles. The fraction of sp³-hybridized carbons (Fsp3) is 0.391. The Morgan fingerprint density at radius 1 is 1.18 bits per heavy atom. The minimum absolute atomic E-state index is 0.138. The minimum Gasteiger partial charge on any atom is -0.508 e. The van der Waals surface area contributed by atoms with E-state index in [1.54, 1.807) is 16.5 Å². The van der Waals surface area contributed by atoms with Crippen LogP contribution >= 0.6 is 15.9 Å². The van der Waals surface area contributed by atoms with Crippen LogP contribution in [0.4, 0.5) is 5.82 Å². The molecule has 0 radical (unpaired) electrons. The monoisotopic (exact) mass is 525 g/mol. The number of aromatic nitrogens is 6. The molecule has 0 spiro atoms. The molecule has 1 N–H and O–H groups in total. The molecular weight excluding hydrogens is 502 g/mol. The predicted molar refractivity (Wildman–Crippen MR) is 129 cm³/mol. The molecule has 3 aromatic heterocycles. The number of fused-ring (bicyclic) bond motifs is 2. The van der Waals surface area contributed by atoms with Crippen LogP contribution in [-0.4, -0.2) is 39.0 Å². The Kier molecular flexibility index (Phi) is 6.27. The maximum atomic E-state index is 13.3. The van der Waals surface area contributed by atoms with Gasteiger partial charge in [0.15, 0.2) is 5.82 Å². The average molecular weight is 526 g/mol. The molecule has 0 fully saturated rings. The smallest absolute Gasteiger partial charge is 0.266 e. The number of halogens is 1. The molecule has 0 aliphatic carbocycles. The summed E-state index contributed by atoms with van der Waals surface area (Å²) in [6, 6.07) is 7.06. The van der Waals surface area contributed by atoms with Gasteiger partial charge in [0, 0.05) is 37.8 Å². The van der Waals surface area contributed by atoms with Gasteiger partial charge in [-0.2, -0.15) is 4.98 Å². The van der Waals surface area contributed by atoms with Gasteiger partial charge in [0.25, 0.3) is 5.56 Å². The first-order valence-corrected chi connectivity index (χ1v) is 12.2. The molecule has 176 valence electrons. The van der Waals surface area contributed by atoms with Gasteiger partial charge in [0.2, 0.25) is 11.7 Å². The minimum atomic E-state index is -0.138. The zero-order valence-corrected chi connectivity index (χ0v) is 20.3. The molecule has 34 heavy (non-hydrogen) atoms. The molecular formula is C23H24BrN7O3. The lowest BCUT2D eigenvalue weighted by atomic mass is 10.1. The van der Waals surface area contributed by atoms with Crippen molar-refractivity contribution >= 4 is 32.1 Å². The van der Waals surface area contributed by atoms with Crippen molar-refractivity contribution in [1.29, 1.82) is 0 Å². The van der Waals surface area contributed by atoms with Crippen LogP contribution < -0.4 is 5.56 Å². The fourth-order valence-electron chi connectivity index (χ4n) is 4.16. The Bertz CT molecular complexity index is 1440. The molecule has 0 saturated heterocycles. The van der Waals surface area contributed by atoms with Gasteiger partial charge in [-0.25, -0.2) is 9.39 Å². The second kappa shape index (κ2) is 9.49. The number of aliphatic imine (C=N–C) groups is 1. The van der Waals surface area contributed by atoms with E-state index >= 15 is 0 Å². The SMILES string of the molecule is CCCCCn1c2c(c(=O)n3c(CCc4nc(Cc5ccccc5O)no4)nnc13)CC(Br)=N2. The van der Waals surface area contributed by atoms with Gasteiger partial charge < -0.3 is 9.63 Å². The van der Waals surface area contributed by atoms with Gasteiger partial charge in [-0.1, -0.05) is 43.1 Å². The first-order chi connectivity index (χ1) is 16.5. The molecule has 10 nitrogen and oxygen atoms in total. The van der Waals surface area contributed by atoms with Crippen LogP contribution in [0.15, 0.2) is 38.6 Å². The summed E-state index contributed by atoms with van der Waals surface area (Å²) in [4.78, 5) is 22.3. The second-order valence-corrected chi connectivity index (χ2v) is 9.21. The van der Waals surface area contributed by atoms with Crippen molar-refractivity contribution in [3.63, 3.8) is 0 Å². The Hall–Kier alpha value is -3.34. The normalized spacial score (nSPS) is 12.9. The topological polar surface area (TPSA) is 124 Å². The highest BCUT2D eigenvalue weighted by Gasteiger charge is 2.25. The van der Waals surface area contributed by atoms with Gasteiger partial charge in [-0.15, -0.1) is 10.2 Å². The van der Waals surface area contributed by atoms with Crippen molar-refractivity contribution in [3.05, 3.63) is 63.3 Å². The highest BCUT2D eigenvalue weighted by atomic mass is 79.9. The largest absolute Gasteiger partial charge is 0.508 e. The van der Waals surface area contributed by atoms with E-state index in [0.717, 1.165) is 36.0 Å². The fourth-order valence-corrected chi connectivity index (χ4v) is 4.61. The highest BCUT2D eigenvalue weighted by molar-refractivity contribution is 9.18. The van der Waals surface area contributed by atoms with Crippen molar-refractivity contribution in [2.45, 2.75) is 58.4 Å². The maximum absolute atomic E-state index is 13.3. The van der Waals surface area contributed by atoms with Crippen LogP contribution in [0.1, 0.15) is 54.9 Å². The third-order valence-electron chi connectivity index (χ3n) is 5.89. The molecule has 5 rings (SSSR count). The zero-order chi connectivity index (χ0) is 23.7. The lowest BCUT2D eigenvalue weighted by Gasteiger charge is -2.12. The second-order valence-electron chi connectivity index (χ2n) is 8.29. The van der Waals surface area contributed by atoms with E-state index in [1.165, 1.54) is 0 Å². The number of rotatable bonds is 9. The number of aryl methyl sites for hydroxylation is 3. The highest BCUT2D eigenvalue weighted by Crippen LogP contribution is 2.28. The number of phenols is 1. The summed E-state index contributed by atoms with van der Waals surface area (Å²) >= 11 is 3.45. The van der Waals surface area contributed by atoms with Gasteiger partial charge in [-0.05, 0) is 28.4 Å². The van der Waals surface area contributed by atoms with Gasteiger partial charge in [0.1, 0.15) is 17.4 Å². The third kappa shape index (κ3) is 4.27. The molecule has 0 saturated carbocycles. The molecule has 4 aromatic rings. The van der Waals surface area contributed by atoms with E-state index in [2.05, 4.69) is 48.2 Å². The Morgan fingerprint density at radius 2 is 2.03 bits per heavy atom.